The minimum atomic E-state index is -4.97. The second-order valence-electron chi connectivity index (χ2n) is 35.1. The van der Waals surface area contributed by atoms with Crippen LogP contribution in [0.5, 0.6) is 0 Å². The van der Waals surface area contributed by atoms with Crippen LogP contribution in [0.3, 0.4) is 0 Å². The predicted octanol–water partition coefficient (Wildman–Crippen LogP) is 29.7. The summed E-state index contributed by atoms with van der Waals surface area (Å²) in [6.07, 6.45) is 82.1. The first-order valence-electron chi connectivity index (χ1n) is 49.0. The van der Waals surface area contributed by atoms with E-state index in [9.17, 15) is 43.2 Å². The number of esters is 4. The van der Waals surface area contributed by atoms with Gasteiger partial charge in [-0.25, -0.2) is 9.13 Å². The van der Waals surface area contributed by atoms with E-state index in [2.05, 4.69) is 41.5 Å². The lowest BCUT2D eigenvalue weighted by molar-refractivity contribution is -0.161. The molecule has 3 N–H and O–H groups in total. The molecule has 114 heavy (non-hydrogen) atoms. The van der Waals surface area contributed by atoms with Crippen molar-refractivity contribution in [3.8, 4) is 0 Å². The molecule has 0 aliphatic rings. The number of phosphoric acid groups is 2. The van der Waals surface area contributed by atoms with Gasteiger partial charge in [0.25, 0.3) is 0 Å². The number of rotatable bonds is 94. The number of aliphatic hydroxyl groups is 1. The highest BCUT2D eigenvalue weighted by Gasteiger charge is 2.31. The predicted molar refractivity (Wildman–Crippen MR) is 474 cm³/mol. The molecule has 0 radical (unpaired) electrons. The fourth-order valence-corrected chi connectivity index (χ4v) is 16.6. The summed E-state index contributed by atoms with van der Waals surface area (Å²) in [5.41, 5.74) is 0. The molecule has 17 nitrogen and oxygen atoms in total. The van der Waals surface area contributed by atoms with E-state index in [1.54, 1.807) is 0 Å². The van der Waals surface area contributed by atoms with Crippen molar-refractivity contribution in [2.75, 3.05) is 39.6 Å². The molecule has 0 heterocycles. The van der Waals surface area contributed by atoms with Gasteiger partial charge in [0.2, 0.25) is 0 Å². The number of unbranched alkanes of at least 4 members (excludes halogenated alkanes) is 64. The first-order chi connectivity index (χ1) is 55.4. The van der Waals surface area contributed by atoms with Gasteiger partial charge < -0.3 is 33.8 Å². The van der Waals surface area contributed by atoms with Crippen LogP contribution in [0.1, 0.15) is 517 Å². The Morgan fingerprint density at radius 2 is 0.404 bits per heavy atom. The SMILES string of the molecule is CCCCCCCCCCCCCCCCCCCCCCC(=O)O[C@H](COC(=O)CCCCCCCCCCCCCC)COP(=O)(O)OC[C@H](O)COP(=O)(O)OC[C@@H](COC(=O)CCCCCCCCCCCCCCCCCCCCC(C)C)OC(=O)CCCCCCCCCCCCCCCCCCCCC(C)C. The highest BCUT2D eigenvalue weighted by molar-refractivity contribution is 7.47. The topological polar surface area (TPSA) is 237 Å². The normalized spacial score (nSPS) is 13.7. The zero-order valence-electron chi connectivity index (χ0n) is 75.4. The molecular formula is C95H186O17P2. The standard InChI is InChI=1S/C95H186O17P2/c1-7-9-11-13-15-17-19-21-22-23-24-25-33-38-43-49-55-61-67-73-79-94(99)111-90(83-105-92(97)77-71-65-59-53-47-20-18-16-14-12-10-8-2)85-109-113(101,102)107-81-89(96)82-108-114(103,104)110-86-91(112-95(100)80-74-68-62-56-50-44-39-34-29-27-31-36-41-46-52-58-64-70-76-88(5)6)84-106-93(98)78-72-66-60-54-48-42-37-32-28-26-30-35-40-45-51-57-63-69-75-87(3)4/h87-91,96H,7-86H2,1-6H3,(H,101,102)(H,103,104)/t89-,90+,91+/m0/s1. The number of aliphatic hydroxyl groups excluding tert-OH is 1. The average Bonchev–Trinajstić information content (AvgIpc) is 0.902. The summed E-state index contributed by atoms with van der Waals surface area (Å²) in [5.74, 6) is -0.446. The molecule has 0 rings (SSSR count). The van der Waals surface area contributed by atoms with Gasteiger partial charge >= 0.3 is 39.5 Å². The Hall–Kier alpha value is -1.94. The molecule has 19 heteroatoms. The van der Waals surface area contributed by atoms with Crippen molar-refractivity contribution >= 4 is 39.5 Å². The van der Waals surface area contributed by atoms with Crippen LogP contribution in [0.4, 0.5) is 0 Å². The molecule has 0 saturated heterocycles. The zero-order chi connectivity index (χ0) is 83.4. The molecule has 0 aromatic carbocycles. The number of carbonyl (C=O) groups excluding carboxylic acids is 4. The molecule has 0 saturated carbocycles. The molecule has 5 atom stereocenters. The van der Waals surface area contributed by atoms with Crippen molar-refractivity contribution in [3.63, 3.8) is 0 Å². The third kappa shape index (κ3) is 87.9. The van der Waals surface area contributed by atoms with E-state index in [1.807, 2.05) is 0 Å². The minimum absolute atomic E-state index is 0.109. The second-order valence-corrected chi connectivity index (χ2v) is 38.0. The Kier molecular flexibility index (Phi) is 84.6. The summed E-state index contributed by atoms with van der Waals surface area (Å²) in [5, 5.41) is 10.7. The molecular weight excluding hydrogens is 1470 g/mol. The zero-order valence-corrected chi connectivity index (χ0v) is 77.2. The third-order valence-electron chi connectivity index (χ3n) is 22.5. The monoisotopic (exact) mass is 1660 g/mol. The average molecular weight is 1660 g/mol. The van der Waals surface area contributed by atoms with Crippen molar-refractivity contribution in [2.24, 2.45) is 11.8 Å². The summed E-state index contributed by atoms with van der Waals surface area (Å²) in [6.45, 7) is 9.80. The van der Waals surface area contributed by atoms with Crippen molar-refractivity contribution in [1.82, 2.24) is 0 Å². The van der Waals surface area contributed by atoms with Crippen LogP contribution >= 0.6 is 15.6 Å². The lowest BCUT2D eigenvalue weighted by Crippen LogP contribution is -2.30. The molecule has 0 aromatic rings. The van der Waals surface area contributed by atoms with Gasteiger partial charge in [0.15, 0.2) is 12.2 Å². The van der Waals surface area contributed by atoms with Crippen LogP contribution in [0, 0.1) is 11.8 Å². The Morgan fingerprint density at radius 1 is 0.237 bits per heavy atom. The van der Waals surface area contributed by atoms with Crippen LogP contribution in [0.2, 0.25) is 0 Å². The van der Waals surface area contributed by atoms with Crippen molar-refractivity contribution in [2.45, 2.75) is 535 Å². The Bertz CT molecular complexity index is 2170. The van der Waals surface area contributed by atoms with E-state index in [0.29, 0.717) is 25.7 Å². The summed E-state index contributed by atoms with van der Waals surface area (Å²) in [4.78, 5) is 73.6. The fourth-order valence-electron chi connectivity index (χ4n) is 15.0. The first kappa shape index (κ1) is 112. The fraction of sp³-hybridized carbons (Fsp3) is 0.958. The van der Waals surface area contributed by atoms with E-state index in [0.717, 1.165) is 102 Å². The molecule has 2 unspecified atom stereocenters. The highest BCUT2D eigenvalue weighted by atomic mass is 31.2. The molecule has 0 aliphatic heterocycles. The highest BCUT2D eigenvalue weighted by Crippen LogP contribution is 2.45. The Balaban J connectivity index is 5.24. The summed E-state index contributed by atoms with van der Waals surface area (Å²) < 4.78 is 69.2. The van der Waals surface area contributed by atoms with Gasteiger partial charge in [0.1, 0.15) is 19.3 Å². The van der Waals surface area contributed by atoms with Gasteiger partial charge in [0, 0.05) is 25.7 Å². The van der Waals surface area contributed by atoms with Gasteiger partial charge in [0.05, 0.1) is 26.4 Å². The molecule has 0 fully saturated rings. The molecule has 0 amide bonds. The van der Waals surface area contributed by atoms with E-state index in [4.69, 9.17) is 37.0 Å². The maximum absolute atomic E-state index is 13.2. The lowest BCUT2D eigenvalue weighted by Gasteiger charge is -2.21. The number of phosphoric ester groups is 2. The molecule has 0 aliphatic carbocycles. The summed E-state index contributed by atoms with van der Waals surface area (Å²) in [7, 11) is -9.94. The number of hydrogen-bond donors (Lipinski definition) is 3. The van der Waals surface area contributed by atoms with E-state index < -0.39 is 97.5 Å². The third-order valence-corrected chi connectivity index (χ3v) is 24.4. The maximum atomic E-state index is 13.2. The largest absolute Gasteiger partial charge is 0.472 e. The maximum Gasteiger partial charge on any atom is 0.472 e. The van der Waals surface area contributed by atoms with Crippen molar-refractivity contribution in [3.05, 3.63) is 0 Å². The smallest absolute Gasteiger partial charge is 0.462 e. The second kappa shape index (κ2) is 86.0. The van der Waals surface area contributed by atoms with Gasteiger partial charge in [-0.1, -0.05) is 465 Å². The number of carbonyl (C=O) groups is 4. The van der Waals surface area contributed by atoms with Crippen LogP contribution in [-0.2, 0) is 65.4 Å². The Morgan fingerprint density at radius 3 is 0.596 bits per heavy atom. The first-order valence-corrected chi connectivity index (χ1v) is 52.0. The van der Waals surface area contributed by atoms with E-state index in [1.165, 1.54) is 334 Å². The van der Waals surface area contributed by atoms with Crippen molar-refractivity contribution in [1.29, 1.82) is 0 Å². The lowest BCUT2D eigenvalue weighted by atomic mass is 10.0. The van der Waals surface area contributed by atoms with Gasteiger partial charge in [-0.15, -0.1) is 0 Å². The van der Waals surface area contributed by atoms with Crippen LogP contribution in [0.15, 0.2) is 0 Å². The molecule has 678 valence electrons. The Labute approximate surface area is 702 Å². The minimum Gasteiger partial charge on any atom is -0.462 e. The van der Waals surface area contributed by atoms with Gasteiger partial charge in [-0.3, -0.25) is 37.3 Å². The number of hydrogen-bond acceptors (Lipinski definition) is 15. The molecule has 0 bridgehead atoms. The molecule has 0 spiro atoms. The van der Waals surface area contributed by atoms with Crippen LogP contribution < -0.4 is 0 Å². The van der Waals surface area contributed by atoms with Crippen LogP contribution in [-0.4, -0.2) is 96.7 Å². The summed E-state index contributed by atoms with van der Waals surface area (Å²) >= 11 is 0. The van der Waals surface area contributed by atoms with Crippen LogP contribution in [0.25, 0.3) is 0 Å². The van der Waals surface area contributed by atoms with E-state index >= 15 is 0 Å². The van der Waals surface area contributed by atoms with E-state index in [-0.39, 0.29) is 25.7 Å². The molecule has 0 aromatic heterocycles. The quantitative estimate of drug-likeness (QED) is 0.0222. The van der Waals surface area contributed by atoms with Gasteiger partial charge in [-0.05, 0) is 37.5 Å². The van der Waals surface area contributed by atoms with Gasteiger partial charge in [-0.2, -0.15) is 0 Å². The van der Waals surface area contributed by atoms with Crippen molar-refractivity contribution < 1.29 is 80.2 Å². The summed E-state index contributed by atoms with van der Waals surface area (Å²) in [6, 6.07) is 0. The number of ether oxygens (including phenoxy) is 4.